The average molecular weight is 332 g/mol. The summed E-state index contributed by atoms with van der Waals surface area (Å²) in [5.41, 5.74) is 0.507. The van der Waals surface area contributed by atoms with Gasteiger partial charge in [-0.05, 0) is 25.1 Å². The number of carbonyl (C=O) groups excluding carboxylic acids is 1. The fourth-order valence-electron chi connectivity index (χ4n) is 1.36. The van der Waals surface area contributed by atoms with E-state index in [9.17, 15) is 4.79 Å². The van der Waals surface area contributed by atoms with Crippen LogP contribution in [0.2, 0.25) is 10.0 Å². The summed E-state index contributed by atoms with van der Waals surface area (Å²) in [6, 6.07) is 4.85. The Balaban J connectivity index is 1.94. The van der Waals surface area contributed by atoms with Gasteiger partial charge in [-0.2, -0.15) is 0 Å². The first kappa shape index (κ1) is 15.0. The van der Waals surface area contributed by atoms with Crippen LogP contribution in [0.5, 0.6) is 0 Å². The summed E-state index contributed by atoms with van der Waals surface area (Å²) in [5, 5.41) is 11.7. The number of hydrogen-bond donors (Lipinski definition) is 2. The Kier molecular flexibility index (Phi) is 4.74. The van der Waals surface area contributed by atoms with Crippen molar-refractivity contribution in [3.8, 4) is 0 Å². The lowest BCUT2D eigenvalue weighted by Crippen LogP contribution is -2.16. The highest BCUT2D eigenvalue weighted by molar-refractivity contribution is 7.99. The van der Waals surface area contributed by atoms with E-state index in [1.807, 2.05) is 0 Å². The molecule has 1 aromatic heterocycles. The van der Waals surface area contributed by atoms with Crippen molar-refractivity contribution < 1.29 is 4.79 Å². The van der Waals surface area contributed by atoms with Crippen LogP contribution in [0, 0.1) is 6.92 Å². The van der Waals surface area contributed by atoms with Crippen molar-refractivity contribution in [2.24, 2.45) is 0 Å². The number of nitrogens with two attached hydrogens (primary N) is 1. The maximum Gasteiger partial charge on any atom is 0.234 e. The second kappa shape index (κ2) is 6.34. The summed E-state index contributed by atoms with van der Waals surface area (Å²) in [5.74, 6) is 6.19. The van der Waals surface area contributed by atoms with Gasteiger partial charge >= 0.3 is 0 Å². The van der Waals surface area contributed by atoms with Gasteiger partial charge in [0.15, 0.2) is 0 Å². The minimum absolute atomic E-state index is 0.147. The zero-order valence-electron chi connectivity index (χ0n) is 10.4. The van der Waals surface area contributed by atoms with E-state index in [1.165, 1.54) is 16.4 Å². The van der Waals surface area contributed by atoms with Crippen molar-refractivity contribution >= 4 is 46.6 Å². The normalized spacial score (nSPS) is 10.6. The van der Waals surface area contributed by atoms with Crippen molar-refractivity contribution in [2.75, 3.05) is 16.9 Å². The Morgan fingerprint density at radius 1 is 1.45 bits per heavy atom. The zero-order chi connectivity index (χ0) is 14.7. The quantitative estimate of drug-likeness (QED) is 0.663. The minimum atomic E-state index is -0.222. The summed E-state index contributed by atoms with van der Waals surface area (Å²) < 4.78 is 1.33. The van der Waals surface area contributed by atoms with Crippen LogP contribution in [-0.4, -0.2) is 26.5 Å². The topological polar surface area (TPSA) is 85.8 Å². The molecule has 0 unspecified atom stereocenters. The number of benzene rings is 1. The smallest absolute Gasteiger partial charge is 0.234 e. The third-order valence-electron chi connectivity index (χ3n) is 2.37. The summed E-state index contributed by atoms with van der Waals surface area (Å²) in [7, 11) is 0. The Labute approximate surface area is 129 Å². The summed E-state index contributed by atoms with van der Waals surface area (Å²) >= 11 is 12.9. The van der Waals surface area contributed by atoms with Crippen LogP contribution < -0.4 is 11.2 Å². The second-order valence-corrected chi connectivity index (χ2v) is 5.65. The first-order valence-electron chi connectivity index (χ1n) is 5.52. The van der Waals surface area contributed by atoms with Gasteiger partial charge in [0.25, 0.3) is 0 Å². The van der Waals surface area contributed by atoms with E-state index in [-0.39, 0.29) is 11.7 Å². The van der Waals surface area contributed by atoms with Crippen molar-refractivity contribution in [3.63, 3.8) is 0 Å². The molecule has 0 saturated heterocycles. The van der Waals surface area contributed by atoms with Gasteiger partial charge in [-0.25, -0.2) is 4.68 Å². The van der Waals surface area contributed by atoms with Gasteiger partial charge in [-0.3, -0.25) is 4.79 Å². The number of nitrogens with one attached hydrogen (secondary N) is 1. The summed E-state index contributed by atoms with van der Waals surface area (Å²) in [4.78, 5) is 11.8. The lowest BCUT2D eigenvalue weighted by atomic mass is 10.3. The van der Waals surface area contributed by atoms with E-state index < -0.39 is 0 Å². The van der Waals surface area contributed by atoms with Crippen LogP contribution in [0.15, 0.2) is 23.4 Å². The Morgan fingerprint density at radius 3 is 2.80 bits per heavy atom. The maximum absolute atomic E-state index is 11.8. The molecule has 0 spiro atoms. The van der Waals surface area contributed by atoms with E-state index in [1.54, 1.807) is 25.1 Å². The van der Waals surface area contributed by atoms with Crippen molar-refractivity contribution in [2.45, 2.75) is 12.1 Å². The molecular formula is C11H11Cl2N5OS. The van der Waals surface area contributed by atoms with Crippen molar-refractivity contribution in [1.82, 2.24) is 14.9 Å². The monoisotopic (exact) mass is 331 g/mol. The highest BCUT2D eigenvalue weighted by Crippen LogP contribution is 2.25. The van der Waals surface area contributed by atoms with Crippen LogP contribution in [-0.2, 0) is 4.79 Å². The Bertz CT molecular complexity index is 646. The number of hydrogen-bond acceptors (Lipinski definition) is 5. The van der Waals surface area contributed by atoms with Crippen molar-refractivity contribution in [3.05, 3.63) is 34.1 Å². The van der Waals surface area contributed by atoms with Gasteiger partial charge in [0.2, 0.25) is 11.1 Å². The zero-order valence-corrected chi connectivity index (χ0v) is 12.8. The van der Waals surface area contributed by atoms with Gasteiger partial charge < -0.3 is 11.2 Å². The number of amides is 1. The number of nitrogens with zero attached hydrogens (tertiary/aromatic N) is 3. The average Bonchev–Trinajstić information content (AvgIpc) is 2.71. The highest BCUT2D eigenvalue weighted by atomic mass is 35.5. The van der Waals surface area contributed by atoms with Gasteiger partial charge in [-0.1, -0.05) is 35.0 Å². The number of halogens is 2. The maximum atomic E-state index is 11.8. The molecule has 0 aliphatic carbocycles. The van der Waals surface area contributed by atoms with Crippen molar-refractivity contribution in [1.29, 1.82) is 0 Å². The van der Waals surface area contributed by atoms with Gasteiger partial charge in [0, 0.05) is 5.02 Å². The lowest BCUT2D eigenvalue weighted by molar-refractivity contribution is -0.113. The van der Waals surface area contributed by atoms with Crippen LogP contribution >= 0.6 is 35.0 Å². The molecule has 20 heavy (non-hydrogen) atoms. The molecule has 9 heteroatoms. The van der Waals surface area contributed by atoms with Crippen LogP contribution in [0.4, 0.5) is 5.69 Å². The standard InChI is InChI=1S/C11H11Cl2N5OS/c1-6-16-17-11(18(6)14)20-5-10(19)15-9-3-2-7(12)4-8(9)13/h2-4H,5,14H2,1H3,(H,15,19). The van der Waals surface area contributed by atoms with Crippen LogP contribution in [0.25, 0.3) is 0 Å². The Morgan fingerprint density at radius 2 is 2.20 bits per heavy atom. The molecule has 0 saturated carbocycles. The number of carbonyl (C=O) groups is 1. The number of thioether (sulfide) groups is 1. The number of aromatic nitrogens is 3. The Hall–Kier alpha value is -1.44. The van der Waals surface area contributed by atoms with Crippen LogP contribution in [0.1, 0.15) is 5.82 Å². The predicted octanol–water partition coefficient (Wildman–Crippen LogP) is 2.34. The molecule has 6 nitrogen and oxygen atoms in total. The van der Waals surface area contributed by atoms with E-state index in [0.29, 0.717) is 26.7 Å². The third-order valence-corrected chi connectivity index (χ3v) is 3.86. The van der Waals surface area contributed by atoms with Gasteiger partial charge in [0.1, 0.15) is 5.82 Å². The third kappa shape index (κ3) is 3.56. The van der Waals surface area contributed by atoms with Gasteiger partial charge in [0.05, 0.1) is 16.5 Å². The molecule has 0 aliphatic rings. The predicted molar refractivity (Wildman–Crippen MR) is 80.7 cm³/mol. The molecule has 0 radical (unpaired) electrons. The summed E-state index contributed by atoms with van der Waals surface area (Å²) in [6.45, 7) is 1.73. The second-order valence-electron chi connectivity index (χ2n) is 3.86. The summed E-state index contributed by atoms with van der Waals surface area (Å²) in [6.07, 6.45) is 0. The molecule has 0 bridgehead atoms. The molecule has 2 rings (SSSR count). The van der Waals surface area contributed by atoms with E-state index in [2.05, 4.69) is 15.5 Å². The van der Waals surface area contributed by atoms with E-state index in [4.69, 9.17) is 29.0 Å². The SMILES string of the molecule is Cc1nnc(SCC(=O)Nc2ccc(Cl)cc2Cl)n1N. The molecule has 1 amide bonds. The molecule has 106 valence electrons. The fourth-order valence-corrected chi connectivity index (χ4v) is 2.51. The van der Waals surface area contributed by atoms with E-state index in [0.717, 1.165) is 0 Å². The minimum Gasteiger partial charge on any atom is -0.336 e. The molecule has 3 N–H and O–H groups in total. The number of anilines is 1. The highest BCUT2D eigenvalue weighted by Gasteiger charge is 2.11. The number of aryl methyl sites for hydroxylation is 1. The molecule has 0 fully saturated rings. The molecular weight excluding hydrogens is 321 g/mol. The van der Waals surface area contributed by atoms with E-state index >= 15 is 0 Å². The lowest BCUT2D eigenvalue weighted by Gasteiger charge is -2.07. The fraction of sp³-hybridized carbons (Fsp3) is 0.182. The number of rotatable bonds is 4. The molecule has 0 atom stereocenters. The first-order chi connectivity index (χ1) is 9.47. The molecule has 1 heterocycles. The van der Waals surface area contributed by atoms with Crippen LogP contribution in [0.3, 0.4) is 0 Å². The molecule has 0 aliphatic heterocycles. The number of nitrogen functional groups attached to an aromatic ring is 1. The van der Waals surface area contributed by atoms with Gasteiger partial charge in [-0.15, -0.1) is 10.2 Å². The first-order valence-corrected chi connectivity index (χ1v) is 7.26. The largest absolute Gasteiger partial charge is 0.336 e. The molecule has 2 aromatic rings. The molecule has 1 aromatic carbocycles.